The van der Waals surface area contributed by atoms with Crippen LogP contribution in [0.5, 0.6) is 0 Å². The first-order valence-electron chi connectivity index (χ1n) is 5.08. The third-order valence-electron chi connectivity index (χ3n) is 2.21. The van der Waals surface area contributed by atoms with Gasteiger partial charge < -0.3 is 10.6 Å². The van der Waals surface area contributed by atoms with Crippen molar-refractivity contribution in [2.75, 3.05) is 18.8 Å². The standard InChI is InChI=1S/C10H15N5O/c1-3-15(6-7(2)5-11)10(16)8-4-9(12)14-13-8/h4,7H,3,6H2,1-2H3,(H3,12,13,14). The Bertz CT molecular complexity index is 406. The summed E-state index contributed by atoms with van der Waals surface area (Å²) in [7, 11) is 0. The maximum atomic E-state index is 11.9. The number of nitrogens with zero attached hydrogens (tertiary/aromatic N) is 3. The fraction of sp³-hybridized carbons (Fsp3) is 0.500. The molecule has 1 aromatic rings. The van der Waals surface area contributed by atoms with Gasteiger partial charge in [0, 0.05) is 19.2 Å². The van der Waals surface area contributed by atoms with Crippen LogP contribution < -0.4 is 5.73 Å². The maximum Gasteiger partial charge on any atom is 0.271 e. The molecular formula is C10H15N5O. The van der Waals surface area contributed by atoms with E-state index in [9.17, 15) is 4.79 Å². The number of amides is 1. The quantitative estimate of drug-likeness (QED) is 0.778. The molecule has 3 N–H and O–H groups in total. The summed E-state index contributed by atoms with van der Waals surface area (Å²) in [6, 6.07) is 3.58. The third-order valence-corrected chi connectivity index (χ3v) is 2.21. The number of nitrogens with two attached hydrogens (primary N) is 1. The molecule has 1 unspecified atom stereocenters. The summed E-state index contributed by atoms with van der Waals surface area (Å²) in [5.41, 5.74) is 5.77. The van der Waals surface area contributed by atoms with Crippen LogP contribution in [0.1, 0.15) is 24.3 Å². The van der Waals surface area contributed by atoms with Crippen molar-refractivity contribution in [3.05, 3.63) is 11.8 Å². The van der Waals surface area contributed by atoms with Crippen molar-refractivity contribution in [3.63, 3.8) is 0 Å². The molecule has 0 aromatic carbocycles. The van der Waals surface area contributed by atoms with E-state index in [2.05, 4.69) is 16.3 Å². The van der Waals surface area contributed by atoms with Crippen molar-refractivity contribution in [2.24, 2.45) is 5.92 Å². The van der Waals surface area contributed by atoms with Gasteiger partial charge in [-0.3, -0.25) is 9.89 Å². The molecule has 0 radical (unpaired) electrons. The van der Waals surface area contributed by atoms with E-state index in [0.29, 0.717) is 18.8 Å². The van der Waals surface area contributed by atoms with Crippen LogP contribution in [0.2, 0.25) is 0 Å². The number of hydrogen-bond acceptors (Lipinski definition) is 4. The third kappa shape index (κ3) is 2.73. The molecule has 1 heterocycles. The largest absolute Gasteiger partial charge is 0.382 e. The average molecular weight is 221 g/mol. The van der Waals surface area contributed by atoms with E-state index in [4.69, 9.17) is 11.0 Å². The first kappa shape index (κ1) is 12.0. The summed E-state index contributed by atoms with van der Waals surface area (Å²) in [5.74, 6) is -0.0919. The Hall–Kier alpha value is -2.03. The van der Waals surface area contributed by atoms with Crippen LogP contribution in [0, 0.1) is 17.2 Å². The van der Waals surface area contributed by atoms with Crippen LogP contribution in [0.25, 0.3) is 0 Å². The van der Waals surface area contributed by atoms with Crippen molar-refractivity contribution in [1.29, 1.82) is 5.26 Å². The Kier molecular flexibility index (Phi) is 3.89. The van der Waals surface area contributed by atoms with Gasteiger partial charge in [0.25, 0.3) is 5.91 Å². The zero-order valence-corrected chi connectivity index (χ0v) is 9.40. The van der Waals surface area contributed by atoms with E-state index in [1.165, 1.54) is 6.07 Å². The SMILES string of the molecule is CCN(CC(C)C#N)C(=O)c1cc(N)n[nH]1. The highest BCUT2D eigenvalue weighted by Gasteiger charge is 2.18. The Labute approximate surface area is 94.0 Å². The summed E-state index contributed by atoms with van der Waals surface area (Å²) in [6.07, 6.45) is 0. The number of rotatable bonds is 4. The minimum atomic E-state index is -0.191. The minimum absolute atomic E-state index is 0.186. The Morgan fingerprint density at radius 1 is 1.81 bits per heavy atom. The van der Waals surface area contributed by atoms with Crippen molar-refractivity contribution in [1.82, 2.24) is 15.1 Å². The topological polar surface area (TPSA) is 98.8 Å². The van der Waals surface area contributed by atoms with Crippen molar-refractivity contribution < 1.29 is 4.79 Å². The van der Waals surface area contributed by atoms with Crippen LogP contribution in [0.15, 0.2) is 6.07 Å². The van der Waals surface area contributed by atoms with Gasteiger partial charge in [0.05, 0.1) is 12.0 Å². The second kappa shape index (κ2) is 5.16. The van der Waals surface area contributed by atoms with Gasteiger partial charge in [0.1, 0.15) is 11.5 Å². The van der Waals surface area contributed by atoms with Gasteiger partial charge in [-0.05, 0) is 13.8 Å². The Balaban J connectivity index is 2.74. The number of anilines is 1. The lowest BCUT2D eigenvalue weighted by Crippen LogP contribution is -2.34. The molecule has 0 spiro atoms. The number of hydrogen-bond donors (Lipinski definition) is 2. The second-order valence-corrected chi connectivity index (χ2v) is 3.58. The fourth-order valence-corrected chi connectivity index (χ4v) is 1.34. The second-order valence-electron chi connectivity index (χ2n) is 3.58. The molecule has 0 aliphatic carbocycles. The predicted molar refractivity (Wildman–Crippen MR) is 59.4 cm³/mol. The average Bonchev–Trinajstić information content (AvgIpc) is 2.71. The summed E-state index contributed by atoms with van der Waals surface area (Å²) in [6.45, 7) is 4.59. The molecule has 16 heavy (non-hydrogen) atoms. The van der Waals surface area contributed by atoms with Crippen molar-refractivity contribution in [3.8, 4) is 6.07 Å². The first-order chi connectivity index (χ1) is 7.58. The van der Waals surface area contributed by atoms with Gasteiger partial charge in [-0.2, -0.15) is 10.4 Å². The lowest BCUT2D eigenvalue weighted by atomic mass is 10.2. The number of nitriles is 1. The molecule has 1 atom stereocenters. The highest BCUT2D eigenvalue weighted by atomic mass is 16.2. The van der Waals surface area contributed by atoms with Gasteiger partial charge in [0.2, 0.25) is 0 Å². The van der Waals surface area contributed by atoms with Crippen LogP contribution >= 0.6 is 0 Å². The summed E-state index contributed by atoms with van der Waals surface area (Å²) in [5, 5.41) is 15.0. The number of H-pyrrole nitrogens is 1. The van der Waals surface area contributed by atoms with Crippen molar-refractivity contribution in [2.45, 2.75) is 13.8 Å². The van der Waals surface area contributed by atoms with E-state index < -0.39 is 0 Å². The van der Waals surface area contributed by atoms with Gasteiger partial charge in [-0.15, -0.1) is 0 Å². The molecule has 0 aliphatic heterocycles. The molecule has 1 aromatic heterocycles. The predicted octanol–water partition coefficient (Wildman–Crippen LogP) is 0.614. The summed E-state index contributed by atoms with van der Waals surface area (Å²) < 4.78 is 0. The molecule has 0 fully saturated rings. The lowest BCUT2D eigenvalue weighted by molar-refractivity contribution is 0.0747. The molecule has 0 bridgehead atoms. The fourth-order valence-electron chi connectivity index (χ4n) is 1.34. The molecule has 1 rings (SSSR count). The van der Waals surface area contributed by atoms with Crippen LogP contribution in [-0.2, 0) is 0 Å². The van der Waals surface area contributed by atoms with E-state index in [1.807, 2.05) is 6.92 Å². The molecule has 0 aliphatic rings. The normalized spacial score (nSPS) is 11.8. The Morgan fingerprint density at radius 3 is 2.94 bits per heavy atom. The monoisotopic (exact) mass is 221 g/mol. The Morgan fingerprint density at radius 2 is 2.50 bits per heavy atom. The van der Waals surface area contributed by atoms with Crippen molar-refractivity contribution >= 4 is 11.7 Å². The number of aromatic nitrogens is 2. The maximum absolute atomic E-state index is 11.9. The highest BCUT2D eigenvalue weighted by Crippen LogP contribution is 2.07. The summed E-state index contributed by atoms with van der Waals surface area (Å²) in [4.78, 5) is 13.5. The molecule has 86 valence electrons. The van der Waals surface area contributed by atoms with Gasteiger partial charge in [-0.1, -0.05) is 0 Å². The molecule has 1 amide bonds. The number of carbonyl (C=O) groups is 1. The van der Waals surface area contributed by atoms with Crippen LogP contribution in [-0.4, -0.2) is 34.1 Å². The zero-order chi connectivity index (χ0) is 12.1. The van der Waals surface area contributed by atoms with Crippen LogP contribution in [0.3, 0.4) is 0 Å². The van der Waals surface area contributed by atoms with E-state index in [-0.39, 0.29) is 17.6 Å². The number of aromatic amines is 1. The van der Waals surface area contributed by atoms with E-state index in [0.717, 1.165) is 0 Å². The molecule has 6 heteroatoms. The zero-order valence-electron chi connectivity index (χ0n) is 9.40. The van der Waals surface area contributed by atoms with Crippen LogP contribution in [0.4, 0.5) is 5.82 Å². The first-order valence-corrected chi connectivity index (χ1v) is 5.08. The number of carbonyl (C=O) groups excluding carboxylic acids is 1. The van der Waals surface area contributed by atoms with Gasteiger partial charge in [-0.25, -0.2) is 0 Å². The lowest BCUT2D eigenvalue weighted by Gasteiger charge is -2.20. The highest BCUT2D eigenvalue weighted by molar-refractivity contribution is 5.92. The smallest absolute Gasteiger partial charge is 0.271 e. The number of nitrogens with one attached hydrogen (secondary N) is 1. The van der Waals surface area contributed by atoms with Gasteiger partial charge in [0.15, 0.2) is 0 Å². The van der Waals surface area contributed by atoms with E-state index >= 15 is 0 Å². The molecular weight excluding hydrogens is 206 g/mol. The summed E-state index contributed by atoms with van der Waals surface area (Å²) >= 11 is 0. The van der Waals surface area contributed by atoms with E-state index in [1.54, 1.807) is 11.8 Å². The van der Waals surface area contributed by atoms with Gasteiger partial charge >= 0.3 is 0 Å². The number of nitrogen functional groups attached to an aromatic ring is 1. The molecule has 0 saturated carbocycles. The molecule has 6 nitrogen and oxygen atoms in total. The minimum Gasteiger partial charge on any atom is -0.382 e. The molecule has 0 saturated heterocycles.